The number of nitrogens with zero attached hydrogens (tertiary/aromatic N) is 1. The van der Waals surface area contributed by atoms with E-state index in [1.165, 1.54) is 5.56 Å². The predicted octanol–water partition coefficient (Wildman–Crippen LogP) is 6.53. The summed E-state index contributed by atoms with van der Waals surface area (Å²) in [6.45, 7) is 4.90. The summed E-state index contributed by atoms with van der Waals surface area (Å²) in [5.74, 6) is -0.0900. The molecule has 1 fully saturated rings. The molecular formula is C33H32N2O4. The maximum absolute atomic E-state index is 12.2. The molecule has 0 atom stereocenters. The van der Waals surface area contributed by atoms with Crippen molar-refractivity contribution in [2.24, 2.45) is 0 Å². The Balaban J connectivity index is 1.20. The number of hydrogen-bond acceptors (Lipinski definition) is 4. The van der Waals surface area contributed by atoms with Gasteiger partial charge in [0, 0.05) is 36.0 Å². The van der Waals surface area contributed by atoms with Crippen molar-refractivity contribution in [3.05, 3.63) is 102 Å². The van der Waals surface area contributed by atoms with E-state index in [2.05, 4.69) is 58.4 Å². The molecule has 1 aliphatic rings. The predicted molar refractivity (Wildman–Crippen MR) is 155 cm³/mol. The lowest BCUT2D eigenvalue weighted by Gasteiger charge is -2.26. The third-order valence-corrected chi connectivity index (χ3v) is 7.51. The smallest absolute Gasteiger partial charge is 0.352 e. The molecule has 198 valence electrons. The highest BCUT2D eigenvalue weighted by Crippen LogP contribution is 2.33. The molecule has 5 aromatic rings. The van der Waals surface area contributed by atoms with E-state index in [4.69, 9.17) is 9.47 Å². The zero-order valence-electron chi connectivity index (χ0n) is 21.9. The third-order valence-electron chi connectivity index (χ3n) is 7.51. The minimum Gasteiger partial charge on any atom is -0.493 e. The van der Waals surface area contributed by atoms with Gasteiger partial charge in [0.2, 0.25) is 0 Å². The minimum atomic E-state index is -0.942. The molecule has 1 aromatic heterocycles. The largest absolute Gasteiger partial charge is 0.493 e. The normalized spacial score (nSPS) is 14.2. The van der Waals surface area contributed by atoms with Crippen molar-refractivity contribution < 1.29 is 19.4 Å². The molecule has 2 N–H and O–H groups in total. The summed E-state index contributed by atoms with van der Waals surface area (Å²) >= 11 is 0. The van der Waals surface area contributed by atoms with Crippen LogP contribution in [-0.4, -0.2) is 53.9 Å². The van der Waals surface area contributed by atoms with Gasteiger partial charge in [0.25, 0.3) is 0 Å². The zero-order chi connectivity index (χ0) is 26.6. The van der Waals surface area contributed by atoms with Crippen LogP contribution in [0.5, 0.6) is 5.75 Å². The lowest BCUT2D eigenvalue weighted by atomic mass is 9.99. The minimum absolute atomic E-state index is 0.256. The summed E-state index contributed by atoms with van der Waals surface area (Å²) < 4.78 is 11.6. The molecule has 6 nitrogen and oxygen atoms in total. The number of carbonyl (C=O) groups is 1. The Hall–Kier alpha value is -4.13. The first kappa shape index (κ1) is 25.2. The summed E-state index contributed by atoms with van der Waals surface area (Å²) in [6, 6.07) is 28.9. The van der Waals surface area contributed by atoms with Gasteiger partial charge in [-0.15, -0.1) is 0 Å². The van der Waals surface area contributed by atoms with Gasteiger partial charge in [0.15, 0.2) is 0 Å². The fourth-order valence-electron chi connectivity index (χ4n) is 5.52. The molecule has 4 aromatic carbocycles. The monoisotopic (exact) mass is 520 g/mol. The Kier molecular flexibility index (Phi) is 7.30. The molecular weight excluding hydrogens is 488 g/mol. The lowest BCUT2D eigenvalue weighted by molar-refractivity contribution is 0.0342. The number of hydrogen-bond donors (Lipinski definition) is 2. The number of benzene rings is 4. The average Bonchev–Trinajstić information content (AvgIpc) is 3.35. The number of morpholine rings is 1. The molecule has 0 bridgehead atoms. The zero-order valence-corrected chi connectivity index (χ0v) is 21.9. The number of aromatic carboxylic acids is 1. The molecule has 6 rings (SSSR count). The van der Waals surface area contributed by atoms with Crippen LogP contribution in [-0.2, 0) is 17.7 Å². The van der Waals surface area contributed by atoms with E-state index in [0.29, 0.717) is 19.4 Å². The highest BCUT2D eigenvalue weighted by molar-refractivity contribution is 6.03. The Labute approximate surface area is 227 Å². The number of rotatable bonds is 9. The quantitative estimate of drug-likeness (QED) is 0.216. The van der Waals surface area contributed by atoms with E-state index in [1.807, 2.05) is 36.4 Å². The van der Waals surface area contributed by atoms with Gasteiger partial charge in [-0.3, -0.25) is 4.90 Å². The van der Waals surface area contributed by atoms with Crippen LogP contribution in [0.1, 0.15) is 28.0 Å². The van der Waals surface area contributed by atoms with Crippen molar-refractivity contribution in [2.75, 3.05) is 32.9 Å². The fourth-order valence-corrected chi connectivity index (χ4v) is 5.52. The standard InChI is InChI=1S/C33H32N2O4/c36-33(37)32-29(11-5-19-39-30-12-3-7-24-6-1-2-8-26(24)30)28-10-4-9-27(31(28)34-32)25-15-13-23(14-16-25)22-35-17-20-38-21-18-35/h1-4,6-10,12-16,34H,5,11,17-22H2,(H,36,37). The van der Waals surface area contributed by atoms with Crippen LogP contribution in [0.3, 0.4) is 0 Å². The first-order chi connectivity index (χ1) is 19.2. The maximum Gasteiger partial charge on any atom is 0.352 e. The number of carboxylic acids is 1. The van der Waals surface area contributed by atoms with Crippen molar-refractivity contribution >= 4 is 27.6 Å². The number of carboxylic acid groups (broad SMARTS) is 1. The molecule has 1 aliphatic heterocycles. The van der Waals surface area contributed by atoms with Crippen molar-refractivity contribution in [3.63, 3.8) is 0 Å². The van der Waals surface area contributed by atoms with Crippen LogP contribution in [0.15, 0.2) is 84.9 Å². The average molecular weight is 521 g/mol. The Bertz CT molecular complexity index is 1590. The molecule has 0 amide bonds. The number of aryl methyl sites for hydroxylation is 1. The van der Waals surface area contributed by atoms with Crippen molar-refractivity contribution in [1.82, 2.24) is 9.88 Å². The molecule has 0 saturated carbocycles. The van der Waals surface area contributed by atoms with Crippen LogP contribution >= 0.6 is 0 Å². The van der Waals surface area contributed by atoms with Gasteiger partial charge in [-0.05, 0) is 41.0 Å². The van der Waals surface area contributed by atoms with E-state index in [0.717, 1.165) is 77.0 Å². The second-order valence-electron chi connectivity index (χ2n) is 10.0. The molecule has 0 aliphatic carbocycles. The number of fused-ring (bicyclic) bond motifs is 2. The van der Waals surface area contributed by atoms with Gasteiger partial charge in [0.1, 0.15) is 11.4 Å². The van der Waals surface area contributed by atoms with E-state index >= 15 is 0 Å². The Morgan fingerprint density at radius 2 is 1.64 bits per heavy atom. The van der Waals surface area contributed by atoms with Gasteiger partial charge in [-0.1, -0.05) is 78.9 Å². The molecule has 0 radical (unpaired) electrons. The molecule has 6 heteroatoms. The molecule has 39 heavy (non-hydrogen) atoms. The van der Waals surface area contributed by atoms with Gasteiger partial charge >= 0.3 is 5.97 Å². The fraction of sp³-hybridized carbons (Fsp3) is 0.242. The third kappa shape index (κ3) is 5.39. The van der Waals surface area contributed by atoms with Crippen molar-refractivity contribution in [3.8, 4) is 16.9 Å². The topological polar surface area (TPSA) is 74.8 Å². The van der Waals surface area contributed by atoms with E-state index in [1.54, 1.807) is 0 Å². The first-order valence-corrected chi connectivity index (χ1v) is 13.5. The number of H-pyrrole nitrogens is 1. The van der Waals surface area contributed by atoms with Gasteiger partial charge in [-0.2, -0.15) is 0 Å². The lowest BCUT2D eigenvalue weighted by Crippen LogP contribution is -2.35. The van der Waals surface area contributed by atoms with Crippen molar-refractivity contribution in [1.29, 1.82) is 0 Å². The number of aromatic amines is 1. The maximum atomic E-state index is 12.2. The molecule has 0 unspecified atom stereocenters. The second kappa shape index (κ2) is 11.3. The van der Waals surface area contributed by atoms with E-state index < -0.39 is 5.97 Å². The summed E-state index contributed by atoms with van der Waals surface area (Å²) in [6.07, 6.45) is 1.31. The first-order valence-electron chi connectivity index (χ1n) is 13.5. The Morgan fingerprint density at radius 1 is 0.897 bits per heavy atom. The molecule has 0 spiro atoms. The van der Waals surface area contributed by atoms with Gasteiger partial charge in [0.05, 0.1) is 25.3 Å². The van der Waals surface area contributed by atoms with E-state index in [-0.39, 0.29) is 5.69 Å². The van der Waals surface area contributed by atoms with Crippen LogP contribution in [0.4, 0.5) is 0 Å². The summed E-state index contributed by atoms with van der Waals surface area (Å²) in [4.78, 5) is 17.8. The van der Waals surface area contributed by atoms with Gasteiger partial charge < -0.3 is 19.6 Å². The van der Waals surface area contributed by atoms with Crippen LogP contribution in [0.2, 0.25) is 0 Å². The second-order valence-corrected chi connectivity index (χ2v) is 10.0. The number of para-hydroxylation sites is 1. The van der Waals surface area contributed by atoms with Gasteiger partial charge in [-0.25, -0.2) is 4.79 Å². The number of ether oxygens (including phenoxy) is 2. The van der Waals surface area contributed by atoms with Crippen molar-refractivity contribution in [2.45, 2.75) is 19.4 Å². The molecule has 2 heterocycles. The van der Waals surface area contributed by atoms with E-state index in [9.17, 15) is 9.90 Å². The summed E-state index contributed by atoms with van der Waals surface area (Å²) in [7, 11) is 0. The number of aromatic nitrogens is 1. The van der Waals surface area contributed by atoms with Crippen LogP contribution in [0.25, 0.3) is 32.8 Å². The highest BCUT2D eigenvalue weighted by atomic mass is 16.5. The summed E-state index contributed by atoms with van der Waals surface area (Å²) in [5, 5.41) is 13.2. The number of nitrogens with one attached hydrogen (secondary N) is 1. The SMILES string of the molecule is O=C(O)c1[nH]c2c(-c3ccc(CN4CCOCC4)cc3)cccc2c1CCCOc1cccc2ccccc12. The molecule has 1 saturated heterocycles. The van der Waals surface area contributed by atoms with Crippen LogP contribution in [0, 0.1) is 0 Å². The highest BCUT2D eigenvalue weighted by Gasteiger charge is 2.19. The van der Waals surface area contributed by atoms with Crippen LogP contribution < -0.4 is 4.74 Å². The Morgan fingerprint density at radius 3 is 2.46 bits per heavy atom. The summed E-state index contributed by atoms with van der Waals surface area (Å²) in [5.41, 5.74) is 5.27.